The van der Waals surface area contributed by atoms with E-state index in [4.69, 9.17) is 0 Å². The van der Waals surface area contributed by atoms with E-state index in [2.05, 4.69) is 14.9 Å². The number of rotatable bonds is 1. The second kappa shape index (κ2) is 3.57. The van der Waals surface area contributed by atoms with Gasteiger partial charge in [-0.05, 0) is 37.1 Å². The van der Waals surface area contributed by atoms with Crippen molar-refractivity contribution in [2.45, 2.75) is 24.8 Å². The van der Waals surface area contributed by atoms with Crippen molar-refractivity contribution in [3.63, 3.8) is 0 Å². The number of fused-ring (bicyclic) bond motifs is 2. The number of halogens is 1. The van der Waals surface area contributed by atoms with Crippen molar-refractivity contribution in [2.24, 2.45) is 0 Å². The quantitative estimate of drug-likeness (QED) is 0.835. The van der Waals surface area contributed by atoms with Gasteiger partial charge in [0.15, 0.2) is 0 Å². The molecule has 18 heavy (non-hydrogen) atoms. The lowest BCUT2D eigenvalue weighted by Gasteiger charge is -2.45. The highest BCUT2D eigenvalue weighted by atomic mass is 19.1. The van der Waals surface area contributed by atoms with Gasteiger partial charge in [0.1, 0.15) is 5.82 Å². The number of nitrogens with one attached hydrogen (secondary N) is 1. The highest BCUT2D eigenvalue weighted by molar-refractivity contribution is 5.52. The summed E-state index contributed by atoms with van der Waals surface area (Å²) in [6, 6.07) is 7.17. The van der Waals surface area contributed by atoms with Crippen LogP contribution in [-0.2, 0) is 0 Å². The molecule has 2 aromatic rings. The van der Waals surface area contributed by atoms with Gasteiger partial charge in [-0.3, -0.25) is 0 Å². The highest BCUT2D eigenvalue weighted by Crippen LogP contribution is 2.46. The molecule has 4 heteroatoms. The largest absolute Gasteiger partial charge is 0.362 e. The third-order valence-corrected chi connectivity index (χ3v) is 4.16. The molecule has 2 bridgehead atoms. The maximum absolute atomic E-state index is 13.0. The lowest BCUT2D eigenvalue weighted by molar-refractivity contribution is 0.379. The van der Waals surface area contributed by atoms with Gasteiger partial charge in [-0.25, -0.2) is 9.37 Å². The fraction of sp³-hybridized carbons (Fsp3) is 0.357. The maximum Gasteiger partial charge on any atom is 0.123 e. The Bertz CT molecular complexity index is 575. The van der Waals surface area contributed by atoms with Crippen molar-refractivity contribution in [3.8, 4) is 0 Å². The Balaban J connectivity index is 1.75. The molecule has 0 amide bonds. The zero-order chi connectivity index (χ0) is 12.1. The van der Waals surface area contributed by atoms with Crippen LogP contribution in [0.25, 0.3) is 0 Å². The summed E-state index contributed by atoms with van der Waals surface area (Å²) >= 11 is 0. The van der Waals surface area contributed by atoms with Crippen LogP contribution in [0.2, 0.25) is 0 Å². The van der Waals surface area contributed by atoms with E-state index in [1.807, 2.05) is 12.1 Å². The van der Waals surface area contributed by atoms with E-state index >= 15 is 0 Å². The molecule has 0 radical (unpaired) electrons. The predicted molar refractivity (Wildman–Crippen MR) is 67.0 cm³/mol. The second-order valence-corrected chi connectivity index (χ2v) is 5.12. The van der Waals surface area contributed by atoms with E-state index in [-0.39, 0.29) is 5.82 Å². The minimum atomic E-state index is -0.178. The molecule has 0 saturated carbocycles. The summed E-state index contributed by atoms with van der Waals surface area (Å²) < 4.78 is 13.0. The molecule has 1 fully saturated rings. The van der Waals surface area contributed by atoms with Crippen molar-refractivity contribution in [1.82, 2.24) is 9.97 Å². The van der Waals surface area contributed by atoms with E-state index in [1.165, 1.54) is 29.9 Å². The van der Waals surface area contributed by atoms with Gasteiger partial charge in [-0.1, -0.05) is 0 Å². The monoisotopic (exact) mass is 243 g/mol. The molecule has 1 saturated heterocycles. The van der Waals surface area contributed by atoms with Crippen LogP contribution in [0.5, 0.6) is 0 Å². The zero-order valence-electron chi connectivity index (χ0n) is 9.94. The number of hydrogen-bond acceptors (Lipinski definition) is 2. The molecule has 2 unspecified atom stereocenters. The van der Waals surface area contributed by atoms with E-state index in [0.29, 0.717) is 12.0 Å². The van der Waals surface area contributed by atoms with Gasteiger partial charge in [0, 0.05) is 18.2 Å². The molecule has 3 nitrogen and oxygen atoms in total. The van der Waals surface area contributed by atoms with Crippen LogP contribution in [0.1, 0.15) is 36.2 Å². The number of aromatic nitrogens is 2. The normalized spacial score (nSPS) is 25.3. The standard InChI is InChI=1S/C14H14FN3/c15-10-2-4-11(5-3-10)18-7-9-1-6-12(18)14-13(9)16-8-17-14/h2-5,8-9,12H,1,6-7H2,(H,16,17). The summed E-state index contributed by atoms with van der Waals surface area (Å²) in [6.07, 6.45) is 4.15. The van der Waals surface area contributed by atoms with Gasteiger partial charge in [-0.15, -0.1) is 0 Å². The molecule has 1 aromatic carbocycles. The topological polar surface area (TPSA) is 31.9 Å². The molecular formula is C14H14FN3. The highest BCUT2D eigenvalue weighted by Gasteiger charge is 2.40. The molecule has 1 aromatic heterocycles. The minimum Gasteiger partial charge on any atom is -0.362 e. The number of anilines is 1. The Morgan fingerprint density at radius 1 is 1.22 bits per heavy atom. The van der Waals surface area contributed by atoms with Crippen molar-refractivity contribution >= 4 is 5.69 Å². The van der Waals surface area contributed by atoms with E-state index in [1.54, 1.807) is 6.33 Å². The second-order valence-electron chi connectivity index (χ2n) is 5.12. The van der Waals surface area contributed by atoms with Gasteiger partial charge in [-0.2, -0.15) is 0 Å². The average molecular weight is 243 g/mol. The Kier molecular flexibility index (Phi) is 2.01. The first kappa shape index (κ1) is 10.1. The van der Waals surface area contributed by atoms with Crippen LogP contribution in [0, 0.1) is 5.82 Å². The van der Waals surface area contributed by atoms with E-state index in [0.717, 1.165) is 18.7 Å². The van der Waals surface area contributed by atoms with Crippen LogP contribution < -0.4 is 4.90 Å². The minimum absolute atomic E-state index is 0.178. The average Bonchev–Trinajstić information content (AvgIpc) is 2.91. The summed E-state index contributed by atoms with van der Waals surface area (Å²) in [4.78, 5) is 10.1. The van der Waals surface area contributed by atoms with Gasteiger partial charge >= 0.3 is 0 Å². The van der Waals surface area contributed by atoms with Gasteiger partial charge in [0.25, 0.3) is 0 Å². The smallest absolute Gasteiger partial charge is 0.123 e. The molecule has 1 N–H and O–H groups in total. The number of benzene rings is 1. The van der Waals surface area contributed by atoms with Gasteiger partial charge in [0.05, 0.1) is 23.8 Å². The fourth-order valence-electron chi connectivity index (χ4n) is 3.32. The van der Waals surface area contributed by atoms with Gasteiger partial charge in [0.2, 0.25) is 0 Å². The number of nitrogens with zero attached hydrogens (tertiary/aromatic N) is 2. The first-order valence-electron chi connectivity index (χ1n) is 6.38. The summed E-state index contributed by atoms with van der Waals surface area (Å²) in [5, 5.41) is 0. The van der Waals surface area contributed by atoms with E-state index in [9.17, 15) is 4.39 Å². The third-order valence-electron chi connectivity index (χ3n) is 4.16. The Labute approximate surface area is 105 Å². The maximum atomic E-state index is 13.0. The zero-order valence-corrected chi connectivity index (χ0v) is 9.94. The number of piperidine rings is 1. The molecule has 2 atom stereocenters. The molecule has 1 aliphatic carbocycles. The molecular weight excluding hydrogens is 229 g/mol. The van der Waals surface area contributed by atoms with Crippen molar-refractivity contribution in [3.05, 3.63) is 47.8 Å². The van der Waals surface area contributed by atoms with Crippen LogP contribution in [0.15, 0.2) is 30.6 Å². The predicted octanol–water partition coefficient (Wildman–Crippen LogP) is 2.99. The third kappa shape index (κ3) is 1.32. The first-order valence-corrected chi connectivity index (χ1v) is 6.38. The molecule has 5 rings (SSSR count). The summed E-state index contributed by atoms with van der Waals surface area (Å²) in [7, 11) is 0. The lowest BCUT2D eigenvalue weighted by atomic mass is 9.80. The van der Waals surface area contributed by atoms with Gasteiger partial charge < -0.3 is 9.88 Å². The van der Waals surface area contributed by atoms with Crippen LogP contribution in [-0.4, -0.2) is 16.5 Å². The van der Waals surface area contributed by atoms with Crippen LogP contribution >= 0.6 is 0 Å². The number of aromatic amines is 1. The SMILES string of the molecule is Fc1ccc(N2CC3CCC2c2[nH]cnc23)cc1. The number of H-pyrrole nitrogens is 1. The molecule has 0 spiro atoms. The van der Waals surface area contributed by atoms with Crippen molar-refractivity contribution < 1.29 is 4.39 Å². The Hall–Kier alpha value is -1.84. The van der Waals surface area contributed by atoms with Crippen LogP contribution in [0.4, 0.5) is 10.1 Å². The Morgan fingerprint density at radius 3 is 2.89 bits per heavy atom. The first-order chi connectivity index (χ1) is 8.83. The summed E-state index contributed by atoms with van der Waals surface area (Å²) in [5.74, 6) is 0.337. The molecule has 2 aliphatic heterocycles. The van der Waals surface area contributed by atoms with E-state index < -0.39 is 0 Å². The lowest BCUT2D eigenvalue weighted by Crippen LogP contribution is -2.42. The van der Waals surface area contributed by atoms with Crippen molar-refractivity contribution in [2.75, 3.05) is 11.4 Å². The molecule has 92 valence electrons. The summed E-state index contributed by atoms with van der Waals surface area (Å²) in [6.45, 7) is 0.994. The molecule has 3 aliphatic rings. The van der Waals surface area contributed by atoms with Crippen molar-refractivity contribution in [1.29, 1.82) is 0 Å². The van der Waals surface area contributed by atoms with Crippen LogP contribution in [0.3, 0.4) is 0 Å². The fourth-order valence-corrected chi connectivity index (χ4v) is 3.32. The number of imidazole rings is 1. The molecule has 3 heterocycles. The Morgan fingerprint density at radius 2 is 2.06 bits per heavy atom. The number of hydrogen-bond donors (Lipinski definition) is 1. The summed E-state index contributed by atoms with van der Waals surface area (Å²) in [5.41, 5.74) is 3.60.